The lowest BCUT2D eigenvalue weighted by atomic mass is 10.3. The van der Waals surface area contributed by atoms with Crippen LogP contribution in [0.5, 0.6) is 0 Å². The maximum Gasteiger partial charge on any atom is 0.263 e. The molecule has 0 N–H and O–H groups in total. The summed E-state index contributed by atoms with van der Waals surface area (Å²) in [6.07, 6.45) is 0. The number of carbonyl (C=O) groups is 1. The second kappa shape index (κ2) is 4.94. The molecule has 4 nitrogen and oxygen atoms in total. The summed E-state index contributed by atoms with van der Waals surface area (Å²) < 4.78 is 1.96. The van der Waals surface area contributed by atoms with Gasteiger partial charge in [0.25, 0.3) is 5.91 Å². The zero-order valence-corrected chi connectivity index (χ0v) is 11.9. The maximum atomic E-state index is 11.9. The van der Waals surface area contributed by atoms with E-state index in [1.54, 1.807) is 19.0 Å². The Morgan fingerprint density at radius 1 is 1.44 bits per heavy atom. The number of hydrogen-bond donors (Lipinski definition) is 0. The van der Waals surface area contributed by atoms with Gasteiger partial charge in [-0.2, -0.15) is 5.10 Å². The van der Waals surface area contributed by atoms with Crippen molar-refractivity contribution in [3.8, 4) is 10.6 Å². The first-order valence-electron chi connectivity index (χ1n) is 5.89. The molecule has 0 fully saturated rings. The third-order valence-electron chi connectivity index (χ3n) is 2.68. The minimum absolute atomic E-state index is 0.0468. The molecule has 0 radical (unpaired) electrons. The highest BCUT2D eigenvalue weighted by atomic mass is 32.1. The molecule has 2 aromatic heterocycles. The average Bonchev–Trinajstić information content (AvgIpc) is 2.93. The Bertz CT molecular complexity index is 569. The Kier molecular flexibility index (Phi) is 3.52. The van der Waals surface area contributed by atoms with Crippen LogP contribution in [0.15, 0.2) is 18.2 Å². The summed E-state index contributed by atoms with van der Waals surface area (Å²) >= 11 is 1.51. The fourth-order valence-corrected chi connectivity index (χ4v) is 2.84. The van der Waals surface area contributed by atoms with Crippen LogP contribution in [0.25, 0.3) is 10.6 Å². The van der Waals surface area contributed by atoms with Crippen molar-refractivity contribution in [2.75, 3.05) is 14.1 Å². The lowest BCUT2D eigenvalue weighted by Crippen LogP contribution is -2.20. The topological polar surface area (TPSA) is 38.1 Å². The van der Waals surface area contributed by atoms with Crippen LogP contribution in [0.4, 0.5) is 0 Å². The van der Waals surface area contributed by atoms with Crippen molar-refractivity contribution in [1.82, 2.24) is 14.7 Å². The Morgan fingerprint density at radius 3 is 2.78 bits per heavy atom. The molecule has 1 amide bonds. The molecule has 0 bridgehead atoms. The molecule has 0 aliphatic rings. The zero-order valence-electron chi connectivity index (χ0n) is 11.1. The maximum absolute atomic E-state index is 11.9. The molecule has 0 saturated carbocycles. The van der Waals surface area contributed by atoms with Crippen LogP contribution in [-0.2, 0) is 6.54 Å². The summed E-state index contributed by atoms with van der Waals surface area (Å²) in [5, 5.41) is 4.42. The van der Waals surface area contributed by atoms with Gasteiger partial charge in [0.2, 0.25) is 0 Å². The molecule has 0 aromatic carbocycles. The number of rotatable bonds is 3. The summed E-state index contributed by atoms with van der Waals surface area (Å²) in [6, 6.07) is 5.92. The normalized spacial score (nSPS) is 10.7. The Morgan fingerprint density at radius 2 is 2.17 bits per heavy atom. The second-order valence-corrected chi connectivity index (χ2v) is 5.43. The highest BCUT2D eigenvalue weighted by Gasteiger charge is 2.14. The Labute approximate surface area is 111 Å². The Balaban J connectivity index is 2.37. The first-order chi connectivity index (χ1) is 8.52. The Hall–Kier alpha value is -1.62. The van der Waals surface area contributed by atoms with E-state index in [1.807, 2.05) is 23.7 Å². The quantitative estimate of drug-likeness (QED) is 0.854. The molecule has 18 heavy (non-hydrogen) atoms. The number of amides is 1. The van der Waals surface area contributed by atoms with Crippen molar-refractivity contribution in [3.05, 3.63) is 28.8 Å². The fourth-order valence-electron chi connectivity index (χ4n) is 1.80. The molecular weight excluding hydrogens is 246 g/mol. The van der Waals surface area contributed by atoms with Crippen molar-refractivity contribution < 1.29 is 4.79 Å². The summed E-state index contributed by atoms with van der Waals surface area (Å²) in [4.78, 5) is 15.3. The van der Waals surface area contributed by atoms with E-state index in [-0.39, 0.29) is 5.91 Å². The largest absolute Gasteiger partial charge is 0.344 e. The number of aryl methyl sites for hydroxylation is 2. The standard InChI is InChI=1S/C13H17N3OS/c1-5-16-10(8-9(2)14-16)11-6-7-12(18-11)13(17)15(3)4/h6-8H,5H2,1-4H3. The SMILES string of the molecule is CCn1nc(C)cc1-c1ccc(C(=O)N(C)C)s1. The van der Waals surface area contributed by atoms with E-state index >= 15 is 0 Å². The third kappa shape index (κ3) is 2.31. The van der Waals surface area contributed by atoms with Gasteiger partial charge in [0.05, 0.1) is 21.1 Å². The predicted molar refractivity (Wildman–Crippen MR) is 74.0 cm³/mol. The van der Waals surface area contributed by atoms with Crippen molar-refractivity contribution in [2.24, 2.45) is 0 Å². The monoisotopic (exact) mass is 263 g/mol. The molecule has 0 aliphatic carbocycles. The van der Waals surface area contributed by atoms with Crippen LogP contribution in [-0.4, -0.2) is 34.7 Å². The van der Waals surface area contributed by atoms with E-state index in [0.29, 0.717) is 0 Å². The molecule has 2 rings (SSSR count). The van der Waals surface area contributed by atoms with E-state index < -0.39 is 0 Å². The van der Waals surface area contributed by atoms with Crippen molar-refractivity contribution in [2.45, 2.75) is 20.4 Å². The predicted octanol–water partition coefficient (Wildman–Crippen LogP) is 2.64. The van der Waals surface area contributed by atoms with Gasteiger partial charge in [0.1, 0.15) is 0 Å². The van der Waals surface area contributed by atoms with E-state index in [2.05, 4.69) is 18.1 Å². The van der Waals surface area contributed by atoms with Crippen molar-refractivity contribution in [1.29, 1.82) is 0 Å². The molecule has 0 atom stereocenters. The second-order valence-electron chi connectivity index (χ2n) is 4.35. The van der Waals surface area contributed by atoms with Gasteiger partial charge in [-0.1, -0.05) is 0 Å². The van der Waals surface area contributed by atoms with Crippen molar-refractivity contribution in [3.63, 3.8) is 0 Å². The van der Waals surface area contributed by atoms with Crippen LogP contribution < -0.4 is 0 Å². The molecule has 5 heteroatoms. The number of nitrogens with zero attached hydrogens (tertiary/aromatic N) is 3. The van der Waals surface area contributed by atoms with Gasteiger partial charge < -0.3 is 4.90 Å². The van der Waals surface area contributed by atoms with E-state index in [4.69, 9.17) is 0 Å². The van der Waals surface area contributed by atoms with Gasteiger partial charge in [0, 0.05) is 20.6 Å². The van der Waals surface area contributed by atoms with Crippen LogP contribution in [0.2, 0.25) is 0 Å². The summed E-state index contributed by atoms with van der Waals surface area (Å²) in [6.45, 7) is 4.88. The lowest BCUT2D eigenvalue weighted by Gasteiger charge is -2.07. The summed E-state index contributed by atoms with van der Waals surface area (Å²) in [5.41, 5.74) is 2.08. The first-order valence-corrected chi connectivity index (χ1v) is 6.71. The summed E-state index contributed by atoms with van der Waals surface area (Å²) in [5.74, 6) is 0.0468. The average molecular weight is 263 g/mol. The number of thiophene rings is 1. The molecule has 2 heterocycles. The van der Waals surface area contributed by atoms with Gasteiger partial charge in [-0.15, -0.1) is 11.3 Å². The minimum atomic E-state index is 0.0468. The van der Waals surface area contributed by atoms with E-state index in [1.165, 1.54) is 11.3 Å². The smallest absolute Gasteiger partial charge is 0.263 e. The highest BCUT2D eigenvalue weighted by Crippen LogP contribution is 2.29. The van der Waals surface area contributed by atoms with Gasteiger partial charge in [-0.3, -0.25) is 9.48 Å². The van der Waals surface area contributed by atoms with Gasteiger partial charge in [-0.25, -0.2) is 0 Å². The van der Waals surface area contributed by atoms with Gasteiger partial charge in [-0.05, 0) is 32.0 Å². The van der Waals surface area contributed by atoms with Crippen LogP contribution >= 0.6 is 11.3 Å². The fraction of sp³-hybridized carbons (Fsp3) is 0.385. The van der Waals surface area contributed by atoms with Gasteiger partial charge >= 0.3 is 0 Å². The molecular formula is C13H17N3OS. The summed E-state index contributed by atoms with van der Waals surface area (Å²) in [7, 11) is 3.53. The highest BCUT2D eigenvalue weighted by molar-refractivity contribution is 7.17. The third-order valence-corrected chi connectivity index (χ3v) is 3.77. The van der Waals surface area contributed by atoms with Crippen LogP contribution in [0.1, 0.15) is 22.3 Å². The minimum Gasteiger partial charge on any atom is -0.344 e. The lowest BCUT2D eigenvalue weighted by molar-refractivity contribution is 0.0832. The first kappa shape index (κ1) is 12.8. The van der Waals surface area contributed by atoms with E-state index in [9.17, 15) is 4.79 Å². The molecule has 0 spiro atoms. The number of hydrogen-bond acceptors (Lipinski definition) is 3. The van der Waals surface area contributed by atoms with Crippen molar-refractivity contribution >= 4 is 17.2 Å². The molecule has 0 aliphatic heterocycles. The van der Waals surface area contributed by atoms with Crippen LogP contribution in [0, 0.1) is 6.92 Å². The zero-order chi connectivity index (χ0) is 13.3. The van der Waals surface area contributed by atoms with E-state index in [0.717, 1.165) is 27.7 Å². The molecule has 96 valence electrons. The number of carbonyl (C=O) groups excluding carboxylic acids is 1. The number of aromatic nitrogens is 2. The molecule has 2 aromatic rings. The molecule has 0 unspecified atom stereocenters. The van der Waals surface area contributed by atoms with Crippen LogP contribution in [0.3, 0.4) is 0 Å². The van der Waals surface area contributed by atoms with Gasteiger partial charge in [0.15, 0.2) is 0 Å². The molecule has 0 saturated heterocycles.